The van der Waals surface area contributed by atoms with E-state index in [0.29, 0.717) is 0 Å². The first-order valence-electron chi connectivity index (χ1n) is 9.32. The molecule has 0 bridgehead atoms. The highest BCUT2D eigenvalue weighted by Crippen LogP contribution is 2.25. The van der Waals surface area contributed by atoms with Crippen LogP contribution >= 0.6 is 0 Å². The summed E-state index contributed by atoms with van der Waals surface area (Å²) in [6.45, 7) is 3.00. The molecule has 0 radical (unpaired) electrons. The summed E-state index contributed by atoms with van der Waals surface area (Å²) < 4.78 is 5.94. The molecule has 0 aliphatic carbocycles. The SMILES string of the molecule is C[C@H](NCc1cccc(Oc2ccccc2)c1)c1cccc2ccccc12. The highest BCUT2D eigenvalue weighted by atomic mass is 16.5. The molecule has 134 valence electrons. The zero-order chi connectivity index (χ0) is 18.5. The van der Waals surface area contributed by atoms with Crippen LogP contribution in [0, 0.1) is 0 Å². The summed E-state index contributed by atoms with van der Waals surface area (Å²) in [4.78, 5) is 0. The van der Waals surface area contributed by atoms with E-state index >= 15 is 0 Å². The van der Waals surface area contributed by atoms with E-state index in [2.05, 4.69) is 66.8 Å². The van der Waals surface area contributed by atoms with Crippen molar-refractivity contribution in [3.05, 3.63) is 108 Å². The number of rotatable bonds is 6. The van der Waals surface area contributed by atoms with E-state index < -0.39 is 0 Å². The second kappa shape index (κ2) is 8.07. The maximum Gasteiger partial charge on any atom is 0.127 e. The Labute approximate surface area is 160 Å². The summed E-state index contributed by atoms with van der Waals surface area (Å²) >= 11 is 0. The number of hydrogen-bond acceptors (Lipinski definition) is 2. The first-order chi connectivity index (χ1) is 13.3. The quantitative estimate of drug-likeness (QED) is 0.428. The molecule has 0 amide bonds. The average Bonchev–Trinajstić information content (AvgIpc) is 2.72. The molecule has 0 aliphatic rings. The normalized spacial score (nSPS) is 12.0. The predicted molar refractivity (Wildman–Crippen MR) is 112 cm³/mol. The van der Waals surface area contributed by atoms with Crippen LogP contribution in [0.3, 0.4) is 0 Å². The van der Waals surface area contributed by atoms with Crippen molar-refractivity contribution in [2.75, 3.05) is 0 Å². The second-order valence-corrected chi connectivity index (χ2v) is 6.73. The van der Waals surface area contributed by atoms with E-state index in [1.807, 2.05) is 42.5 Å². The molecule has 0 fully saturated rings. The molecule has 2 nitrogen and oxygen atoms in total. The predicted octanol–water partition coefficient (Wildman–Crippen LogP) is 6.48. The lowest BCUT2D eigenvalue weighted by Gasteiger charge is -2.17. The molecule has 0 saturated carbocycles. The van der Waals surface area contributed by atoms with Gasteiger partial charge in [-0.15, -0.1) is 0 Å². The third kappa shape index (κ3) is 4.18. The van der Waals surface area contributed by atoms with Crippen molar-refractivity contribution in [2.45, 2.75) is 19.5 Å². The number of ether oxygens (including phenoxy) is 1. The third-order valence-corrected chi connectivity index (χ3v) is 4.78. The van der Waals surface area contributed by atoms with Crippen LogP contribution in [-0.4, -0.2) is 0 Å². The Balaban J connectivity index is 1.46. The van der Waals surface area contributed by atoms with Crippen LogP contribution in [0.15, 0.2) is 97.1 Å². The fourth-order valence-electron chi connectivity index (χ4n) is 3.35. The minimum absolute atomic E-state index is 0.259. The maximum atomic E-state index is 5.94. The number of para-hydroxylation sites is 1. The van der Waals surface area contributed by atoms with Crippen molar-refractivity contribution in [3.8, 4) is 11.5 Å². The van der Waals surface area contributed by atoms with Gasteiger partial charge in [-0.2, -0.15) is 0 Å². The van der Waals surface area contributed by atoms with Crippen LogP contribution in [0.2, 0.25) is 0 Å². The van der Waals surface area contributed by atoms with E-state index in [9.17, 15) is 0 Å². The van der Waals surface area contributed by atoms with Gasteiger partial charge in [0.1, 0.15) is 11.5 Å². The van der Waals surface area contributed by atoms with Gasteiger partial charge < -0.3 is 10.1 Å². The summed E-state index contributed by atoms with van der Waals surface area (Å²) in [5.41, 5.74) is 2.53. The van der Waals surface area contributed by atoms with Gasteiger partial charge in [-0.25, -0.2) is 0 Å². The molecular formula is C25H23NO. The number of benzene rings is 4. The Kier molecular flexibility index (Phi) is 5.17. The van der Waals surface area contributed by atoms with Crippen molar-refractivity contribution in [3.63, 3.8) is 0 Å². The van der Waals surface area contributed by atoms with Gasteiger partial charge in [0.25, 0.3) is 0 Å². The molecule has 0 saturated heterocycles. The van der Waals surface area contributed by atoms with E-state index in [-0.39, 0.29) is 6.04 Å². The molecular weight excluding hydrogens is 330 g/mol. The largest absolute Gasteiger partial charge is 0.457 e. The minimum atomic E-state index is 0.259. The molecule has 0 unspecified atom stereocenters. The first-order valence-corrected chi connectivity index (χ1v) is 9.32. The van der Waals surface area contributed by atoms with E-state index in [4.69, 9.17) is 4.74 Å². The molecule has 0 aromatic heterocycles. The van der Waals surface area contributed by atoms with Gasteiger partial charge in [-0.3, -0.25) is 0 Å². The van der Waals surface area contributed by atoms with Gasteiger partial charge in [0.05, 0.1) is 0 Å². The fourth-order valence-corrected chi connectivity index (χ4v) is 3.35. The van der Waals surface area contributed by atoms with Crippen molar-refractivity contribution < 1.29 is 4.74 Å². The van der Waals surface area contributed by atoms with Gasteiger partial charge in [-0.05, 0) is 53.1 Å². The van der Waals surface area contributed by atoms with Gasteiger partial charge in [-0.1, -0.05) is 72.8 Å². The van der Waals surface area contributed by atoms with E-state index in [0.717, 1.165) is 18.0 Å². The Morgan fingerprint density at radius 3 is 2.33 bits per heavy atom. The van der Waals surface area contributed by atoms with Gasteiger partial charge in [0.15, 0.2) is 0 Å². The highest BCUT2D eigenvalue weighted by Gasteiger charge is 2.09. The number of nitrogens with one attached hydrogen (secondary N) is 1. The average molecular weight is 353 g/mol. The first kappa shape index (κ1) is 17.3. The third-order valence-electron chi connectivity index (χ3n) is 4.78. The van der Waals surface area contributed by atoms with E-state index in [1.165, 1.54) is 21.9 Å². The van der Waals surface area contributed by atoms with Crippen LogP contribution in [0.5, 0.6) is 11.5 Å². The topological polar surface area (TPSA) is 21.3 Å². The standard InChI is InChI=1S/C25H23NO/c1-19(24-16-8-11-21-10-5-6-15-25(21)24)26-18-20-9-7-14-23(17-20)27-22-12-3-2-4-13-22/h2-17,19,26H,18H2,1H3/t19-/m0/s1. The Morgan fingerprint density at radius 2 is 1.44 bits per heavy atom. The van der Waals surface area contributed by atoms with Crippen molar-refractivity contribution >= 4 is 10.8 Å². The zero-order valence-corrected chi connectivity index (χ0v) is 15.4. The number of hydrogen-bond donors (Lipinski definition) is 1. The Hall–Kier alpha value is -3.10. The van der Waals surface area contributed by atoms with Crippen molar-refractivity contribution in [1.29, 1.82) is 0 Å². The molecule has 1 atom stereocenters. The maximum absolute atomic E-state index is 5.94. The molecule has 27 heavy (non-hydrogen) atoms. The lowest BCUT2D eigenvalue weighted by atomic mass is 9.99. The van der Waals surface area contributed by atoms with Crippen LogP contribution < -0.4 is 10.1 Å². The van der Waals surface area contributed by atoms with Gasteiger partial charge in [0, 0.05) is 12.6 Å². The van der Waals surface area contributed by atoms with Gasteiger partial charge in [0.2, 0.25) is 0 Å². The fraction of sp³-hybridized carbons (Fsp3) is 0.120. The van der Waals surface area contributed by atoms with Crippen LogP contribution in [0.1, 0.15) is 24.1 Å². The van der Waals surface area contributed by atoms with Crippen molar-refractivity contribution in [2.24, 2.45) is 0 Å². The summed E-state index contributed by atoms with van der Waals surface area (Å²) in [5, 5.41) is 6.23. The second-order valence-electron chi connectivity index (χ2n) is 6.73. The van der Waals surface area contributed by atoms with E-state index in [1.54, 1.807) is 0 Å². The monoisotopic (exact) mass is 353 g/mol. The Bertz CT molecular complexity index is 1020. The van der Waals surface area contributed by atoms with Gasteiger partial charge >= 0.3 is 0 Å². The lowest BCUT2D eigenvalue weighted by Crippen LogP contribution is -2.18. The Morgan fingerprint density at radius 1 is 0.741 bits per heavy atom. The molecule has 0 heterocycles. The minimum Gasteiger partial charge on any atom is -0.457 e. The van der Waals surface area contributed by atoms with Crippen molar-refractivity contribution in [1.82, 2.24) is 5.32 Å². The molecule has 1 N–H and O–H groups in total. The molecule has 4 aromatic carbocycles. The summed E-state index contributed by atoms with van der Waals surface area (Å²) in [6, 6.07) is 33.4. The zero-order valence-electron chi connectivity index (χ0n) is 15.4. The molecule has 0 spiro atoms. The number of fused-ring (bicyclic) bond motifs is 1. The van der Waals surface area contributed by atoms with Crippen LogP contribution in [0.25, 0.3) is 10.8 Å². The molecule has 4 aromatic rings. The lowest BCUT2D eigenvalue weighted by molar-refractivity contribution is 0.481. The molecule has 0 aliphatic heterocycles. The smallest absolute Gasteiger partial charge is 0.127 e. The highest BCUT2D eigenvalue weighted by molar-refractivity contribution is 5.86. The molecule has 4 rings (SSSR count). The summed E-state index contributed by atoms with van der Waals surface area (Å²) in [5.74, 6) is 1.71. The molecule has 2 heteroatoms. The summed E-state index contributed by atoms with van der Waals surface area (Å²) in [6.07, 6.45) is 0. The van der Waals surface area contributed by atoms with Crippen LogP contribution in [-0.2, 0) is 6.54 Å². The summed E-state index contributed by atoms with van der Waals surface area (Å²) in [7, 11) is 0. The van der Waals surface area contributed by atoms with Crippen LogP contribution in [0.4, 0.5) is 0 Å².